The molecule has 3 heterocycles. The number of hydrogen-bond donors (Lipinski definition) is 1. The highest BCUT2D eigenvalue weighted by atomic mass is 32.1. The van der Waals surface area contributed by atoms with Crippen LogP contribution in [0.1, 0.15) is 30.1 Å². The van der Waals surface area contributed by atoms with E-state index in [1.165, 1.54) is 16.3 Å². The number of fused-ring (bicyclic) bond motifs is 3. The van der Waals surface area contributed by atoms with E-state index in [1.807, 2.05) is 26.0 Å². The van der Waals surface area contributed by atoms with E-state index in [9.17, 15) is 0 Å². The van der Waals surface area contributed by atoms with Crippen molar-refractivity contribution in [2.45, 2.75) is 39.8 Å². The molecule has 0 spiro atoms. The summed E-state index contributed by atoms with van der Waals surface area (Å²) in [4.78, 5) is 7.42. The van der Waals surface area contributed by atoms with Crippen LogP contribution in [-0.4, -0.2) is 22.0 Å². The second-order valence-electron chi connectivity index (χ2n) is 6.25. The van der Waals surface area contributed by atoms with Gasteiger partial charge in [0.15, 0.2) is 4.96 Å². The first-order valence-electron chi connectivity index (χ1n) is 8.11. The molecule has 0 bridgehead atoms. The summed E-state index contributed by atoms with van der Waals surface area (Å²) in [5, 5.41) is 3.43. The summed E-state index contributed by atoms with van der Waals surface area (Å²) in [6.45, 7) is 8.27. The van der Waals surface area contributed by atoms with Crippen LogP contribution in [0, 0.1) is 6.92 Å². The Morgan fingerprint density at radius 3 is 2.78 bits per heavy atom. The number of benzene rings is 1. The molecule has 3 aromatic rings. The number of rotatable bonds is 3. The third-order valence-corrected chi connectivity index (χ3v) is 5.29. The maximum absolute atomic E-state index is 5.72. The average Bonchev–Trinajstić information content (AvgIpc) is 3.04. The van der Waals surface area contributed by atoms with E-state index >= 15 is 0 Å². The number of hydrogen-bond acceptors (Lipinski definition) is 4. The van der Waals surface area contributed by atoms with Crippen LogP contribution in [0.4, 0.5) is 0 Å². The molecule has 0 atom stereocenters. The van der Waals surface area contributed by atoms with Crippen molar-refractivity contribution < 1.29 is 4.74 Å². The lowest BCUT2D eigenvalue weighted by atomic mass is 10.1. The monoisotopic (exact) mass is 327 g/mol. The Kier molecular flexibility index (Phi) is 3.62. The molecular formula is C18H21N3OS. The molecule has 120 valence electrons. The summed E-state index contributed by atoms with van der Waals surface area (Å²) < 4.78 is 8.07. The molecule has 0 saturated heterocycles. The maximum Gasteiger partial charge on any atom is 0.194 e. The number of nitrogens with one attached hydrogen (secondary N) is 1. The summed E-state index contributed by atoms with van der Waals surface area (Å²) in [6.07, 6.45) is 1.27. The number of ether oxygens (including phenoxy) is 1. The number of nitrogens with zero attached hydrogens (tertiary/aromatic N) is 2. The Morgan fingerprint density at radius 2 is 2.04 bits per heavy atom. The SMILES string of the molecule is Cc1c(-c2ccc(OC(C)C)cc2)nc2sc3c(n12)CCNC3. The van der Waals surface area contributed by atoms with Crippen molar-refractivity contribution >= 4 is 16.3 Å². The van der Waals surface area contributed by atoms with E-state index < -0.39 is 0 Å². The van der Waals surface area contributed by atoms with Crippen molar-refractivity contribution in [2.75, 3.05) is 6.54 Å². The van der Waals surface area contributed by atoms with Crippen molar-refractivity contribution in [3.05, 3.63) is 40.5 Å². The summed E-state index contributed by atoms with van der Waals surface area (Å²) in [5.74, 6) is 0.908. The van der Waals surface area contributed by atoms with Gasteiger partial charge in [0, 0.05) is 41.3 Å². The fourth-order valence-corrected chi connectivity index (χ4v) is 4.37. The second-order valence-corrected chi connectivity index (χ2v) is 7.32. The van der Waals surface area contributed by atoms with E-state index in [1.54, 1.807) is 11.3 Å². The maximum atomic E-state index is 5.72. The number of thiazole rings is 1. The van der Waals surface area contributed by atoms with E-state index in [0.29, 0.717) is 0 Å². The minimum atomic E-state index is 0.195. The van der Waals surface area contributed by atoms with E-state index in [4.69, 9.17) is 9.72 Å². The molecule has 0 aliphatic carbocycles. The third kappa shape index (κ3) is 2.54. The minimum absolute atomic E-state index is 0.195. The van der Waals surface area contributed by atoms with Gasteiger partial charge in [0.05, 0.1) is 11.8 Å². The Morgan fingerprint density at radius 1 is 1.26 bits per heavy atom. The molecule has 4 nitrogen and oxygen atoms in total. The zero-order valence-corrected chi connectivity index (χ0v) is 14.5. The molecule has 0 saturated carbocycles. The Balaban J connectivity index is 1.74. The molecule has 1 N–H and O–H groups in total. The van der Waals surface area contributed by atoms with Crippen LogP contribution in [0.3, 0.4) is 0 Å². The van der Waals surface area contributed by atoms with E-state index in [-0.39, 0.29) is 6.10 Å². The lowest BCUT2D eigenvalue weighted by Gasteiger charge is -2.13. The number of aromatic nitrogens is 2. The topological polar surface area (TPSA) is 38.6 Å². The van der Waals surface area contributed by atoms with Gasteiger partial charge in [-0.2, -0.15) is 0 Å². The van der Waals surface area contributed by atoms with E-state index in [0.717, 1.165) is 41.5 Å². The molecule has 2 aromatic heterocycles. The molecule has 0 unspecified atom stereocenters. The molecule has 4 rings (SSSR count). The lowest BCUT2D eigenvalue weighted by molar-refractivity contribution is 0.242. The van der Waals surface area contributed by atoms with Crippen molar-refractivity contribution in [3.8, 4) is 17.0 Å². The fraction of sp³-hybridized carbons (Fsp3) is 0.389. The third-order valence-electron chi connectivity index (χ3n) is 4.21. The first kappa shape index (κ1) is 14.7. The first-order chi connectivity index (χ1) is 11.1. The molecular weight excluding hydrogens is 306 g/mol. The highest BCUT2D eigenvalue weighted by Gasteiger charge is 2.20. The number of aryl methyl sites for hydroxylation is 1. The summed E-state index contributed by atoms with van der Waals surface area (Å²) in [7, 11) is 0. The Bertz CT molecular complexity index is 845. The van der Waals surface area contributed by atoms with Crippen molar-refractivity contribution in [2.24, 2.45) is 0 Å². The molecule has 0 radical (unpaired) electrons. The zero-order chi connectivity index (χ0) is 16.0. The summed E-state index contributed by atoms with van der Waals surface area (Å²) in [6, 6.07) is 8.26. The number of imidazole rings is 1. The Labute approximate surface area is 140 Å². The fourth-order valence-electron chi connectivity index (χ4n) is 3.19. The van der Waals surface area contributed by atoms with Crippen LogP contribution in [0.15, 0.2) is 24.3 Å². The van der Waals surface area contributed by atoms with Gasteiger partial charge in [-0.15, -0.1) is 0 Å². The Hall–Kier alpha value is -1.85. The molecule has 5 heteroatoms. The molecule has 0 amide bonds. The van der Waals surface area contributed by atoms with Gasteiger partial charge in [0.2, 0.25) is 0 Å². The second kappa shape index (κ2) is 5.65. The highest BCUT2D eigenvalue weighted by Crippen LogP contribution is 2.32. The highest BCUT2D eigenvalue weighted by molar-refractivity contribution is 7.17. The largest absolute Gasteiger partial charge is 0.491 e. The molecule has 1 aromatic carbocycles. The molecule has 1 aliphatic heterocycles. The van der Waals surface area contributed by atoms with Crippen LogP contribution in [-0.2, 0) is 13.0 Å². The van der Waals surface area contributed by atoms with Crippen molar-refractivity contribution in [3.63, 3.8) is 0 Å². The average molecular weight is 327 g/mol. The van der Waals surface area contributed by atoms with Gasteiger partial charge in [-0.1, -0.05) is 11.3 Å². The first-order valence-corrected chi connectivity index (χ1v) is 8.92. The van der Waals surface area contributed by atoms with Gasteiger partial charge in [-0.3, -0.25) is 4.40 Å². The van der Waals surface area contributed by atoms with Crippen LogP contribution < -0.4 is 10.1 Å². The molecule has 1 aliphatic rings. The smallest absolute Gasteiger partial charge is 0.194 e. The minimum Gasteiger partial charge on any atom is -0.491 e. The van der Waals surface area contributed by atoms with Crippen molar-refractivity contribution in [1.82, 2.24) is 14.7 Å². The normalized spacial score (nSPS) is 14.4. The van der Waals surface area contributed by atoms with Crippen molar-refractivity contribution in [1.29, 1.82) is 0 Å². The van der Waals surface area contributed by atoms with Gasteiger partial charge in [-0.05, 0) is 45.0 Å². The van der Waals surface area contributed by atoms with Crippen LogP contribution in [0.25, 0.3) is 16.2 Å². The summed E-state index contributed by atoms with van der Waals surface area (Å²) in [5.41, 5.74) is 4.89. The quantitative estimate of drug-likeness (QED) is 0.795. The standard InChI is InChI=1S/C18H21N3OS/c1-11(2)22-14-6-4-13(5-7-14)17-12(3)21-15-8-9-19-10-16(15)23-18(21)20-17/h4-7,11,19H,8-10H2,1-3H3. The van der Waals surface area contributed by atoms with Gasteiger partial charge in [-0.25, -0.2) is 4.98 Å². The van der Waals surface area contributed by atoms with Gasteiger partial charge in [0.25, 0.3) is 0 Å². The molecule has 23 heavy (non-hydrogen) atoms. The predicted octanol–water partition coefficient (Wildman–Crippen LogP) is 3.80. The van der Waals surface area contributed by atoms with Crippen LogP contribution in [0.2, 0.25) is 0 Å². The predicted molar refractivity (Wildman–Crippen MR) is 94.4 cm³/mol. The molecule has 0 fully saturated rings. The lowest BCUT2D eigenvalue weighted by Crippen LogP contribution is -2.23. The van der Waals surface area contributed by atoms with Crippen LogP contribution >= 0.6 is 11.3 Å². The van der Waals surface area contributed by atoms with Gasteiger partial charge in [0.1, 0.15) is 5.75 Å². The van der Waals surface area contributed by atoms with Gasteiger partial charge >= 0.3 is 0 Å². The van der Waals surface area contributed by atoms with Gasteiger partial charge < -0.3 is 10.1 Å². The summed E-state index contributed by atoms with van der Waals surface area (Å²) >= 11 is 1.81. The van der Waals surface area contributed by atoms with E-state index in [2.05, 4.69) is 28.8 Å². The zero-order valence-electron chi connectivity index (χ0n) is 13.7. The van der Waals surface area contributed by atoms with Crippen LogP contribution in [0.5, 0.6) is 5.75 Å².